The summed E-state index contributed by atoms with van der Waals surface area (Å²) in [6, 6.07) is 12.2. The molecule has 0 amide bonds. The molecule has 0 fully saturated rings. The van der Waals surface area contributed by atoms with Crippen LogP contribution in [0.3, 0.4) is 0 Å². The minimum atomic E-state index is -4.55. The Balaban J connectivity index is 2.05. The SMILES string of the molecule is FC(F)(F)c1c2c(c(-c3ccccc3)c3nc4cc(Cl)c(Cl)cc4n13)NCC2. The molecule has 142 valence electrons. The molecule has 3 nitrogen and oxygen atoms in total. The van der Waals surface area contributed by atoms with Crippen molar-refractivity contribution >= 4 is 45.6 Å². The van der Waals surface area contributed by atoms with E-state index >= 15 is 0 Å². The van der Waals surface area contributed by atoms with Crippen molar-refractivity contribution in [2.45, 2.75) is 12.6 Å². The highest BCUT2D eigenvalue weighted by Gasteiger charge is 2.41. The summed E-state index contributed by atoms with van der Waals surface area (Å²) in [6.45, 7) is 0.440. The zero-order valence-electron chi connectivity index (χ0n) is 14.2. The van der Waals surface area contributed by atoms with E-state index in [0.29, 0.717) is 23.3 Å². The van der Waals surface area contributed by atoms with Gasteiger partial charge in [-0.2, -0.15) is 13.2 Å². The van der Waals surface area contributed by atoms with Gasteiger partial charge in [0.05, 0.1) is 26.8 Å². The molecule has 5 rings (SSSR count). The molecule has 0 spiro atoms. The van der Waals surface area contributed by atoms with Crippen LogP contribution in [0.4, 0.5) is 18.9 Å². The Kier molecular flexibility index (Phi) is 3.80. The molecular formula is C20H12Cl2F3N3. The lowest BCUT2D eigenvalue weighted by atomic mass is 10.00. The fourth-order valence-corrected chi connectivity index (χ4v) is 4.23. The van der Waals surface area contributed by atoms with Crippen molar-refractivity contribution in [3.8, 4) is 11.1 Å². The van der Waals surface area contributed by atoms with Gasteiger partial charge in [-0.3, -0.25) is 4.40 Å². The minimum absolute atomic E-state index is 0.184. The fraction of sp³-hybridized carbons (Fsp3) is 0.150. The third-order valence-electron chi connectivity index (χ3n) is 4.99. The summed E-state index contributed by atoms with van der Waals surface area (Å²) in [5, 5.41) is 3.57. The van der Waals surface area contributed by atoms with Gasteiger partial charge in [-0.1, -0.05) is 53.5 Å². The predicted octanol–water partition coefficient (Wildman–Crippen LogP) is 6.45. The van der Waals surface area contributed by atoms with Crippen LogP contribution in [0, 0.1) is 0 Å². The van der Waals surface area contributed by atoms with E-state index in [1.807, 2.05) is 30.3 Å². The molecule has 4 aromatic rings. The second-order valence-corrected chi connectivity index (χ2v) is 7.46. The molecule has 1 aliphatic rings. The normalized spacial score (nSPS) is 13.9. The summed E-state index contributed by atoms with van der Waals surface area (Å²) >= 11 is 12.2. The summed E-state index contributed by atoms with van der Waals surface area (Å²) < 4.78 is 43.6. The molecule has 28 heavy (non-hydrogen) atoms. The first-order valence-electron chi connectivity index (χ1n) is 8.59. The van der Waals surface area contributed by atoms with Crippen LogP contribution in [0.15, 0.2) is 42.5 Å². The van der Waals surface area contributed by atoms with E-state index < -0.39 is 11.9 Å². The number of nitrogens with one attached hydrogen (secondary N) is 1. The number of alkyl halides is 3. The van der Waals surface area contributed by atoms with E-state index in [4.69, 9.17) is 23.2 Å². The van der Waals surface area contributed by atoms with E-state index in [1.54, 1.807) is 0 Å². The molecule has 3 heterocycles. The number of hydrogen-bond donors (Lipinski definition) is 1. The molecule has 0 saturated heterocycles. The first kappa shape index (κ1) is 17.6. The Morgan fingerprint density at radius 2 is 1.75 bits per heavy atom. The van der Waals surface area contributed by atoms with Crippen LogP contribution in [0.2, 0.25) is 10.0 Å². The fourth-order valence-electron chi connectivity index (χ4n) is 3.91. The van der Waals surface area contributed by atoms with E-state index in [-0.39, 0.29) is 33.2 Å². The largest absolute Gasteiger partial charge is 0.432 e. The van der Waals surface area contributed by atoms with Crippen LogP contribution in [0.5, 0.6) is 0 Å². The summed E-state index contributed by atoms with van der Waals surface area (Å²) in [6.07, 6.45) is -4.27. The highest BCUT2D eigenvalue weighted by molar-refractivity contribution is 6.42. The average Bonchev–Trinajstić information content (AvgIpc) is 3.24. The summed E-state index contributed by atoms with van der Waals surface area (Å²) in [5.74, 6) is 0. The lowest BCUT2D eigenvalue weighted by Gasteiger charge is -2.19. The molecule has 0 radical (unpaired) electrons. The molecule has 8 heteroatoms. The zero-order valence-corrected chi connectivity index (χ0v) is 15.8. The molecule has 2 aromatic heterocycles. The number of rotatable bonds is 1. The van der Waals surface area contributed by atoms with Crippen molar-refractivity contribution in [1.29, 1.82) is 0 Å². The number of anilines is 1. The van der Waals surface area contributed by atoms with Gasteiger partial charge in [0.25, 0.3) is 0 Å². The van der Waals surface area contributed by atoms with Gasteiger partial charge in [-0.25, -0.2) is 4.98 Å². The number of halogens is 5. The lowest BCUT2D eigenvalue weighted by Crippen LogP contribution is -2.15. The molecule has 0 bridgehead atoms. The number of fused-ring (bicyclic) bond motifs is 4. The number of benzene rings is 2. The maximum atomic E-state index is 14.2. The van der Waals surface area contributed by atoms with Crippen molar-refractivity contribution in [2.75, 3.05) is 11.9 Å². The van der Waals surface area contributed by atoms with Crippen LogP contribution in [-0.2, 0) is 12.6 Å². The first-order chi connectivity index (χ1) is 13.4. The summed E-state index contributed by atoms with van der Waals surface area (Å²) in [7, 11) is 0. The Morgan fingerprint density at radius 3 is 2.46 bits per heavy atom. The van der Waals surface area contributed by atoms with Gasteiger partial charge in [0.2, 0.25) is 0 Å². The average molecular weight is 422 g/mol. The Hall–Kier alpha value is -2.44. The van der Waals surface area contributed by atoms with E-state index in [0.717, 1.165) is 5.56 Å². The Morgan fingerprint density at radius 1 is 1.04 bits per heavy atom. The van der Waals surface area contributed by atoms with Gasteiger partial charge in [0.1, 0.15) is 11.3 Å². The third kappa shape index (κ3) is 2.48. The monoisotopic (exact) mass is 421 g/mol. The Bertz CT molecular complexity index is 1250. The minimum Gasteiger partial charge on any atom is -0.384 e. The van der Waals surface area contributed by atoms with Crippen molar-refractivity contribution in [3.63, 3.8) is 0 Å². The van der Waals surface area contributed by atoms with Crippen LogP contribution in [0.1, 0.15) is 11.3 Å². The molecule has 0 saturated carbocycles. The maximum absolute atomic E-state index is 14.2. The molecule has 1 N–H and O–H groups in total. The Labute approximate surface area is 167 Å². The second kappa shape index (κ2) is 6.03. The van der Waals surface area contributed by atoms with Crippen molar-refractivity contribution < 1.29 is 13.2 Å². The van der Waals surface area contributed by atoms with Crippen molar-refractivity contribution in [2.24, 2.45) is 0 Å². The van der Waals surface area contributed by atoms with E-state index in [1.165, 1.54) is 16.5 Å². The third-order valence-corrected chi connectivity index (χ3v) is 5.71. The van der Waals surface area contributed by atoms with Crippen molar-refractivity contribution in [1.82, 2.24) is 9.38 Å². The quantitative estimate of drug-likeness (QED) is 0.382. The topological polar surface area (TPSA) is 29.3 Å². The smallest absolute Gasteiger partial charge is 0.384 e. The number of aromatic nitrogens is 2. The molecule has 2 aromatic carbocycles. The van der Waals surface area contributed by atoms with Crippen LogP contribution < -0.4 is 5.32 Å². The van der Waals surface area contributed by atoms with Gasteiger partial charge in [-0.15, -0.1) is 0 Å². The van der Waals surface area contributed by atoms with Gasteiger partial charge in [0, 0.05) is 17.7 Å². The van der Waals surface area contributed by atoms with E-state index in [2.05, 4.69) is 10.3 Å². The molecule has 0 aliphatic carbocycles. The lowest BCUT2D eigenvalue weighted by molar-refractivity contribution is -0.142. The maximum Gasteiger partial charge on any atom is 0.432 e. The number of hydrogen-bond acceptors (Lipinski definition) is 2. The summed E-state index contributed by atoms with van der Waals surface area (Å²) in [5.41, 5.74) is 2.30. The number of nitrogens with zero attached hydrogens (tertiary/aromatic N) is 2. The first-order valence-corrected chi connectivity index (χ1v) is 9.34. The second-order valence-electron chi connectivity index (χ2n) is 6.64. The molecule has 1 aliphatic heterocycles. The molecular weight excluding hydrogens is 410 g/mol. The van der Waals surface area contributed by atoms with Crippen LogP contribution in [-0.4, -0.2) is 15.9 Å². The standard InChI is InChI=1S/C20H12Cl2F3N3/c21-12-8-14-15(9-13(12)22)28-18(20(23,24)25)11-6-7-26-17(11)16(19(28)27-14)10-4-2-1-3-5-10/h1-5,8-9,26H,6-7H2. The predicted molar refractivity (Wildman–Crippen MR) is 105 cm³/mol. The van der Waals surface area contributed by atoms with E-state index in [9.17, 15) is 13.2 Å². The zero-order chi connectivity index (χ0) is 19.6. The molecule has 0 unspecified atom stereocenters. The molecule has 0 atom stereocenters. The highest BCUT2D eigenvalue weighted by atomic mass is 35.5. The van der Waals surface area contributed by atoms with Crippen molar-refractivity contribution in [3.05, 3.63) is 63.8 Å². The van der Waals surface area contributed by atoms with Gasteiger partial charge >= 0.3 is 6.18 Å². The van der Waals surface area contributed by atoms with Gasteiger partial charge < -0.3 is 5.32 Å². The highest BCUT2D eigenvalue weighted by Crippen LogP contribution is 2.46. The number of pyridine rings is 1. The number of imidazole rings is 1. The van der Waals surface area contributed by atoms with Crippen LogP contribution in [0.25, 0.3) is 27.8 Å². The summed E-state index contributed by atoms with van der Waals surface area (Å²) in [4.78, 5) is 4.53. The van der Waals surface area contributed by atoms with Crippen LogP contribution >= 0.6 is 23.2 Å². The van der Waals surface area contributed by atoms with Gasteiger partial charge in [0.15, 0.2) is 0 Å². The van der Waals surface area contributed by atoms with Gasteiger partial charge in [-0.05, 0) is 24.1 Å².